The number of hydrogen-bond acceptors (Lipinski definition) is 3. The normalized spacial score (nSPS) is 21.1. The van der Waals surface area contributed by atoms with Crippen molar-refractivity contribution in [1.82, 2.24) is 0 Å². The molecule has 0 saturated heterocycles. The molecule has 1 aliphatic heterocycles. The Balaban J connectivity index is 1.65. The Morgan fingerprint density at radius 1 is 1.11 bits per heavy atom. The first-order chi connectivity index (χ1) is 13.0. The van der Waals surface area contributed by atoms with Crippen molar-refractivity contribution in [3.05, 3.63) is 64.7 Å². The zero-order valence-corrected chi connectivity index (χ0v) is 15.7. The van der Waals surface area contributed by atoms with Crippen LogP contribution in [-0.2, 0) is 23.2 Å². The monoisotopic (exact) mass is 363 g/mol. The Morgan fingerprint density at radius 3 is 2.63 bits per heavy atom. The first kappa shape index (κ1) is 17.9. The standard InChI is InChI=1S/C23H25NO3/c1-2-13-24-20-10-6-5-9-19(20)23(27,22(24)26)15-21(25)18-12-11-16-7-3-4-8-17(16)14-18/h5-6,9-12,14,27H,2-4,7-8,13,15H2,1H3. The van der Waals surface area contributed by atoms with Crippen LogP contribution in [0.5, 0.6) is 0 Å². The van der Waals surface area contributed by atoms with Crippen molar-refractivity contribution in [1.29, 1.82) is 0 Å². The molecule has 1 unspecified atom stereocenters. The predicted molar refractivity (Wildman–Crippen MR) is 105 cm³/mol. The molecule has 140 valence electrons. The number of Topliss-reactive ketones (excluding diaryl/α,β-unsaturated/α-hetero) is 1. The molecule has 0 bridgehead atoms. The van der Waals surface area contributed by atoms with Crippen LogP contribution < -0.4 is 4.90 Å². The fourth-order valence-corrected chi connectivity index (χ4v) is 4.36. The molecule has 2 aliphatic rings. The number of carbonyl (C=O) groups is 2. The molecule has 1 atom stereocenters. The fourth-order valence-electron chi connectivity index (χ4n) is 4.36. The number of hydrogen-bond donors (Lipinski definition) is 1. The molecule has 0 fully saturated rings. The Morgan fingerprint density at radius 2 is 1.85 bits per heavy atom. The highest BCUT2D eigenvalue weighted by molar-refractivity contribution is 6.10. The Bertz CT molecular complexity index is 904. The summed E-state index contributed by atoms with van der Waals surface area (Å²) in [6, 6.07) is 13.1. The molecule has 1 aliphatic carbocycles. The highest BCUT2D eigenvalue weighted by Gasteiger charge is 2.50. The quantitative estimate of drug-likeness (QED) is 0.823. The molecule has 0 spiro atoms. The van der Waals surface area contributed by atoms with E-state index in [-0.39, 0.29) is 12.2 Å². The predicted octanol–water partition coefficient (Wildman–Crippen LogP) is 3.78. The van der Waals surface area contributed by atoms with Gasteiger partial charge in [0.25, 0.3) is 5.91 Å². The van der Waals surface area contributed by atoms with E-state index in [1.807, 2.05) is 37.3 Å². The second kappa shape index (κ2) is 6.93. The maximum atomic E-state index is 13.0. The molecule has 1 heterocycles. The number of amides is 1. The lowest BCUT2D eigenvalue weighted by Crippen LogP contribution is -2.42. The van der Waals surface area contributed by atoms with Crippen molar-refractivity contribution >= 4 is 17.4 Å². The first-order valence-electron chi connectivity index (χ1n) is 9.83. The number of aliphatic hydroxyl groups is 1. The first-order valence-corrected chi connectivity index (χ1v) is 9.83. The summed E-state index contributed by atoms with van der Waals surface area (Å²) in [4.78, 5) is 27.6. The molecule has 0 radical (unpaired) electrons. The molecular weight excluding hydrogens is 338 g/mol. The number of para-hydroxylation sites is 1. The third kappa shape index (κ3) is 2.98. The molecule has 1 N–H and O–H groups in total. The Kier molecular flexibility index (Phi) is 4.60. The van der Waals surface area contributed by atoms with E-state index >= 15 is 0 Å². The van der Waals surface area contributed by atoms with E-state index < -0.39 is 11.5 Å². The van der Waals surface area contributed by atoms with E-state index in [1.54, 1.807) is 17.0 Å². The van der Waals surface area contributed by atoms with Gasteiger partial charge in [-0.05, 0) is 55.4 Å². The van der Waals surface area contributed by atoms with Crippen LogP contribution in [0.15, 0.2) is 42.5 Å². The zero-order chi connectivity index (χ0) is 19.0. The summed E-state index contributed by atoms with van der Waals surface area (Å²) >= 11 is 0. The van der Waals surface area contributed by atoms with Gasteiger partial charge in [0.2, 0.25) is 0 Å². The third-order valence-electron chi connectivity index (χ3n) is 5.77. The van der Waals surface area contributed by atoms with Gasteiger partial charge in [0.05, 0.1) is 12.1 Å². The summed E-state index contributed by atoms with van der Waals surface area (Å²) in [6.07, 6.45) is 4.96. The minimum atomic E-state index is -1.78. The second-order valence-electron chi connectivity index (χ2n) is 7.62. The van der Waals surface area contributed by atoms with Gasteiger partial charge in [0.1, 0.15) is 0 Å². The van der Waals surface area contributed by atoms with Crippen molar-refractivity contribution in [2.45, 2.75) is 51.0 Å². The lowest BCUT2D eigenvalue weighted by Gasteiger charge is -2.23. The van der Waals surface area contributed by atoms with Gasteiger partial charge in [-0.3, -0.25) is 9.59 Å². The van der Waals surface area contributed by atoms with Gasteiger partial charge in [-0.2, -0.15) is 0 Å². The lowest BCUT2D eigenvalue weighted by atomic mass is 9.85. The number of carbonyl (C=O) groups excluding carboxylic acids is 2. The molecular formula is C23H25NO3. The molecule has 1 amide bonds. The van der Waals surface area contributed by atoms with Gasteiger partial charge in [-0.25, -0.2) is 0 Å². The number of ketones is 1. The van der Waals surface area contributed by atoms with E-state index in [2.05, 4.69) is 0 Å². The SMILES string of the molecule is CCCN1C(=O)C(O)(CC(=O)c2ccc3c(c2)CCCC3)c2ccccc21. The maximum Gasteiger partial charge on any atom is 0.264 e. The van der Waals surface area contributed by atoms with Crippen molar-refractivity contribution < 1.29 is 14.7 Å². The number of fused-ring (bicyclic) bond motifs is 2. The summed E-state index contributed by atoms with van der Waals surface area (Å²) in [5, 5.41) is 11.3. The van der Waals surface area contributed by atoms with E-state index in [0.29, 0.717) is 23.4 Å². The highest BCUT2D eigenvalue weighted by atomic mass is 16.3. The summed E-state index contributed by atoms with van der Waals surface area (Å²) in [7, 11) is 0. The molecule has 4 nitrogen and oxygen atoms in total. The van der Waals surface area contributed by atoms with Crippen LogP contribution in [0, 0.1) is 0 Å². The third-order valence-corrected chi connectivity index (χ3v) is 5.77. The number of aryl methyl sites for hydroxylation is 2. The van der Waals surface area contributed by atoms with Gasteiger partial charge >= 0.3 is 0 Å². The average molecular weight is 363 g/mol. The van der Waals surface area contributed by atoms with Gasteiger partial charge in [0.15, 0.2) is 11.4 Å². The van der Waals surface area contributed by atoms with Crippen LogP contribution in [-0.4, -0.2) is 23.3 Å². The van der Waals surface area contributed by atoms with Crippen LogP contribution >= 0.6 is 0 Å². The van der Waals surface area contributed by atoms with Gasteiger partial charge in [-0.15, -0.1) is 0 Å². The smallest absolute Gasteiger partial charge is 0.264 e. The molecule has 0 saturated carbocycles. The topological polar surface area (TPSA) is 57.6 Å². The summed E-state index contributed by atoms with van der Waals surface area (Å²) in [5.74, 6) is -0.579. The molecule has 2 aromatic carbocycles. The molecule has 2 aromatic rings. The molecule has 4 heteroatoms. The summed E-state index contributed by atoms with van der Waals surface area (Å²) in [5.41, 5.74) is 2.60. The van der Waals surface area contributed by atoms with Gasteiger partial charge in [-0.1, -0.05) is 37.3 Å². The van der Waals surface area contributed by atoms with E-state index in [9.17, 15) is 14.7 Å². The number of anilines is 1. The molecule has 27 heavy (non-hydrogen) atoms. The van der Waals surface area contributed by atoms with Crippen LogP contribution in [0.2, 0.25) is 0 Å². The largest absolute Gasteiger partial charge is 0.375 e. The van der Waals surface area contributed by atoms with E-state index in [1.165, 1.54) is 17.5 Å². The van der Waals surface area contributed by atoms with Crippen molar-refractivity contribution in [2.75, 3.05) is 11.4 Å². The molecule has 4 rings (SSSR count). The fraction of sp³-hybridized carbons (Fsp3) is 0.391. The van der Waals surface area contributed by atoms with E-state index in [0.717, 1.165) is 25.7 Å². The maximum absolute atomic E-state index is 13.0. The highest BCUT2D eigenvalue weighted by Crippen LogP contribution is 2.43. The second-order valence-corrected chi connectivity index (χ2v) is 7.62. The number of benzene rings is 2. The van der Waals surface area contributed by atoms with Crippen LogP contribution in [0.4, 0.5) is 5.69 Å². The van der Waals surface area contributed by atoms with Crippen molar-refractivity contribution in [3.63, 3.8) is 0 Å². The van der Waals surface area contributed by atoms with Crippen molar-refractivity contribution in [3.8, 4) is 0 Å². The lowest BCUT2D eigenvalue weighted by molar-refractivity contribution is -0.135. The Hall–Kier alpha value is -2.46. The average Bonchev–Trinajstić information content (AvgIpc) is 2.90. The number of rotatable bonds is 5. The zero-order valence-electron chi connectivity index (χ0n) is 15.7. The minimum absolute atomic E-state index is 0.188. The van der Waals surface area contributed by atoms with Crippen molar-refractivity contribution in [2.24, 2.45) is 0 Å². The number of nitrogens with zero attached hydrogens (tertiary/aromatic N) is 1. The van der Waals surface area contributed by atoms with E-state index in [4.69, 9.17) is 0 Å². The summed E-state index contributed by atoms with van der Waals surface area (Å²) < 4.78 is 0. The van der Waals surface area contributed by atoms with Crippen LogP contribution in [0.3, 0.4) is 0 Å². The minimum Gasteiger partial charge on any atom is -0.375 e. The molecule has 0 aromatic heterocycles. The van der Waals surface area contributed by atoms with Crippen LogP contribution in [0.25, 0.3) is 0 Å². The van der Waals surface area contributed by atoms with Crippen LogP contribution in [0.1, 0.15) is 59.7 Å². The van der Waals surface area contributed by atoms with Gasteiger partial charge < -0.3 is 10.0 Å². The van der Waals surface area contributed by atoms with Gasteiger partial charge in [0, 0.05) is 17.7 Å². The summed E-state index contributed by atoms with van der Waals surface area (Å²) in [6.45, 7) is 2.52. The Labute approximate surface area is 159 Å².